The van der Waals surface area contributed by atoms with Gasteiger partial charge < -0.3 is 4.74 Å². The highest BCUT2D eigenvalue weighted by atomic mass is 32.2. The van der Waals surface area contributed by atoms with E-state index in [9.17, 15) is 4.79 Å². The summed E-state index contributed by atoms with van der Waals surface area (Å²) in [7, 11) is 0. The van der Waals surface area contributed by atoms with E-state index < -0.39 is 0 Å². The van der Waals surface area contributed by atoms with Crippen LogP contribution in [0.4, 0.5) is 0 Å². The highest BCUT2D eigenvalue weighted by molar-refractivity contribution is 8.00. The maximum atomic E-state index is 12.1. The van der Waals surface area contributed by atoms with Crippen LogP contribution in [0.3, 0.4) is 0 Å². The van der Waals surface area contributed by atoms with Crippen molar-refractivity contribution in [1.29, 1.82) is 0 Å². The molecule has 0 bridgehead atoms. The van der Waals surface area contributed by atoms with E-state index in [-0.39, 0.29) is 11.2 Å². The average Bonchev–Trinajstić information content (AvgIpc) is 2.61. The summed E-state index contributed by atoms with van der Waals surface area (Å²) in [5.74, 6) is 1.21. The number of hydrogen-bond acceptors (Lipinski definition) is 4. The van der Waals surface area contributed by atoms with Gasteiger partial charge in [0.25, 0.3) is 5.91 Å². The molecule has 2 aromatic rings. The number of nitrogens with zero attached hydrogens (tertiary/aromatic N) is 1. The van der Waals surface area contributed by atoms with Gasteiger partial charge in [0.15, 0.2) is 0 Å². The van der Waals surface area contributed by atoms with E-state index in [1.807, 2.05) is 61.5 Å². The second kappa shape index (κ2) is 9.89. The zero-order valence-electron chi connectivity index (χ0n) is 14.8. The number of rotatable bonds is 8. The normalized spacial score (nSPS) is 12.3. The molecule has 25 heavy (non-hydrogen) atoms. The first-order valence-corrected chi connectivity index (χ1v) is 9.20. The monoisotopic (exact) mass is 356 g/mol. The van der Waals surface area contributed by atoms with Crippen LogP contribution >= 0.6 is 11.8 Å². The number of hydrogen-bond donors (Lipinski definition) is 1. The van der Waals surface area contributed by atoms with Crippen LogP contribution in [0.15, 0.2) is 64.6 Å². The van der Waals surface area contributed by atoms with Crippen molar-refractivity contribution in [3.63, 3.8) is 0 Å². The fraction of sp³-hybridized carbons (Fsp3) is 0.300. The molecule has 1 atom stereocenters. The molecule has 1 amide bonds. The molecule has 0 aliphatic carbocycles. The summed E-state index contributed by atoms with van der Waals surface area (Å²) in [6, 6.07) is 17.5. The summed E-state index contributed by atoms with van der Waals surface area (Å²) < 4.78 is 5.64. The number of carbonyl (C=O) groups is 1. The Bertz CT molecular complexity index is 685. The summed E-state index contributed by atoms with van der Waals surface area (Å²) in [5, 5.41) is 3.81. The Hall–Kier alpha value is -2.27. The van der Waals surface area contributed by atoms with Crippen molar-refractivity contribution in [3.8, 4) is 5.75 Å². The van der Waals surface area contributed by atoms with Gasteiger partial charge in [-0.1, -0.05) is 32.0 Å². The van der Waals surface area contributed by atoms with Gasteiger partial charge in [0.1, 0.15) is 5.75 Å². The molecule has 0 aliphatic heterocycles. The number of benzene rings is 2. The lowest BCUT2D eigenvalue weighted by Gasteiger charge is -2.09. The highest BCUT2D eigenvalue weighted by Gasteiger charge is 2.13. The second-order valence-corrected chi connectivity index (χ2v) is 7.50. The topological polar surface area (TPSA) is 50.7 Å². The number of nitrogens with one attached hydrogen (secondary N) is 1. The van der Waals surface area contributed by atoms with Crippen molar-refractivity contribution in [3.05, 3.63) is 60.2 Å². The van der Waals surface area contributed by atoms with E-state index in [0.717, 1.165) is 16.2 Å². The molecule has 2 aromatic carbocycles. The van der Waals surface area contributed by atoms with E-state index in [4.69, 9.17) is 4.74 Å². The van der Waals surface area contributed by atoms with Gasteiger partial charge in [0.2, 0.25) is 0 Å². The minimum atomic E-state index is -0.216. The molecule has 5 heteroatoms. The summed E-state index contributed by atoms with van der Waals surface area (Å²) in [6.45, 7) is 6.78. The standard InChI is InChI=1S/C20H24N2O2S/c1-15(2)14-24-18-11-9-17(10-12-18)13-21-22-20(23)16(3)25-19-7-5-4-6-8-19/h4-13,15-16H,14H2,1-3H3,(H,22,23)/b21-13-/t16-/m1/s1. The molecule has 0 spiro atoms. The minimum absolute atomic E-state index is 0.123. The third-order valence-corrected chi connectivity index (χ3v) is 4.39. The van der Waals surface area contributed by atoms with E-state index in [1.54, 1.807) is 6.21 Å². The third kappa shape index (κ3) is 7.01. The van der Waals surface area contributed by atoms with Crippen molar-refractivity contribution in [2.75, 3.05) is 6.61 Å². The summed E-state index contributed by atoms with van der Waals surface area (Å²) in [5.41, 5.74) is 3.49. The predicted molar refractivity (Wildman–Crippen MR) is 104 cm³/mol. The SMILES string of the molecule is CC(C)COc1ccc(/C=N\NC(=O)[C@@H](C)Sc2ccccc2)cc1. The number of carbonyl (C=O) groups excluding carboxylic acids is 1. The van der Waals surface area contributed by atoms with Crippen LogP contribution in [0.1, 0.15) is 26.3 Å². The maximum Gasteiger partial charge on any atom is 0.253 e. The Morgan fingerprint density at radius 1 is 1.12 bits per heavy atom. The van der Waals surface area contributed by atoms with Gasteiger partial charge in [-0.3, -0.25) is 4.79 Å². The molecule has 2 rings (SSSR count). The van der Waals surface area contributed by atoms with Crippen LogP contribution in [0.25, 0.3) is 0 Å². The van der Waals surface area contributed by atoms with E-state index in [1.165, 1.54) is 11.8 Å². The van der Waals surface area contributed by atoms with E-state index >= 15 is 0 Å². The third-order valence-electron chi connectivity index (χ3n) is 3.28. The largest absolute Gasteiger partial charge is 0.493 e. The van der Waals surface area contributed by atoms with Gasteiger partial charge in [-0.25, -0.2) is 5.43 Å². The molecule has 0 saturated carbocycles. The number of hydrazone groups is 1. The zero-order chi connectivity index (χ0) is 18.1. The molecule has 0 saturated heterocycles. The first-order valence-electron chi connectivity index (χ1n) is 8.32. The Morgan fingerprint density at radius 2 is 1.80 bits per heavy atom. The maximum absolute atomic E-state index is 12.1. The van der Waals surface area contributed by atoms with Crippen molar-refractivity contribution < 1.29 is 9.53 Å². The molecule has 132 valence electrons. The number of thioether (sulfide) groups is 1. The molecule has 0 unspecified atom stereocenters. The van der Waals surface area contributed by atoms with Gasteiger partial charge in [0, 0.05) is 4.90 Å². The molecule has 0 aliphatic rings. The van der Waals surface area contributed by atoms with Crippen molar-refractivity contribution in [2.24, 2.45) is 11.0 Å². The number of ether oxygens (including phenoxy) is 1. The minimum Gasteiger partial charge on any atom is -0.493 e. The Morgan fingerprint density at radius 3 is 2.44 bits per heavy atom. The lowest BCUT2D eigenvalue weighted by molar-refractivity contribution is -0.120. The molecule has 0 fully saturated rings. The molecule has 0 aromatic heterocycles. The smallest absolute Gasteiger partial charge is 0.253 e. The van der Waals surface area contributed by atoms with Crippen molar-refractivity contribution in [1.82, 2.24) is 5.43 Å². The Labute approximate surface area is 153 Å². The number of amides is 1. The summed E-state index contributed by atoms with van der Waals surface area (Å²) in [4.78, 5) is 13.1. The molecule has 0 heterocycles. The van der Waals surface area contributed by atoms with Gasteiger partial charge in [0.05, 0.1) is 18.1 Å². The quantitative estimate of drug-likeness (QED) is 0.434. The highest BCUT2D eigenvalue weighted by Crippen LogP contribution is 2.22. The summed E-state index contributed by atoms with van der Waals surface area (Å²) in [6.07, 6.45) is 1.63. The van der Waals surface area contributed by atoms with Crippen LogP contribution in [0, 0.1) is 5.92 Å². The molecule has 4 nitrogen and oxygen atoms in total. The Kier molecular flexibility index (Phi) is 7.54. The fourth-order valence-electron chi connectivity index (χ4n) is 1.93. The van der Waals surface area contributed by atoms with E-state index in [0.29, 0.717) is 12.5 Å². The Balaban J connectivity index is 1.80. The van der Waals surface area contributed by atoms with Gasteiger partial charge in [-0.2, -0.15) is 5.10 Å². The predicted octanol–water partition coefficient (Wildman–Crippen LogP) is 4.35. The van der Waals surface area contributed by atoms with Gasteiger partial charge in [-0.05, 0) is 54.8 Å². The van der Waals surface area contributed by atoms with Gasteiger partial charge >= 0.3 is 0 Å². The van der Waals surface area contributed by atoms with E-state index in [2.05, 4.69) is 24.4 Å². The molecule has 0 radical (unpaired) electrons. The average molecular weight is 356 g/mol. The van der Waals surface area contributed by atoms with Crippen molar-refractivity contribution in [2.45, 2.75) is 30.9 Å². The zero-order valence-corrected chi connectivity index (χ0v) is 15.6. The lowest BCUT2D eigenvalue weighted by Crippen LogP contribution is -2.26. The van der Waals surface area contributed by atoms with Crippen LogP contribution in [0.5, 0.6) is 5.75 Å². The van der Waals surface area contributed by atoms with Gasteiger partial charge in [-0.15, -0.1) is 11.8 Å². The van der Waals surface area contributed by atoms with Crippen LogP contribution in [-0.2, 0) is 4.79 Å². The van der Waals surface area contributed by atoms with Crippen LogP contribution < -0.4 is 10.2 Å². The second-order valence-electron chi connectivity index (χ2n) is 6.08. The first-order chi connectivity index (χ1) is 12.0. The van der Waals surface area contributed by atoms with Crippen LogP contribution in [0.2, 0.25) is 0 Å². The molecule has 1 N–H and O–H groups in total. The summed E-state index contributed by atoms with van der Waals surface area (Å²) >= 11 is 1.51. The fourth-order valence-corrected chi connectivity index (χ4v) is 2.81. The van der Waals surface area contributed by atoms with Crippen LogP contribution in [-0.4, -0.2) is 24.0 Å². The first kappa shape index (κ1) is 19.1. The lowest BCUT2D eigenvalue weighted by atomic mass is 10.2. The molecular weight excluding hydrogens is 332 g/mol. The molecular formula is C20H24N2O2S. The van der Waals surface area contributed by atoms with Crippen molar-refractivity contribution >= 4 is 23.9 Å².